The number of pyridine rings is 1. The van der Waals surface area contributed by atoms with Crippen molar-refractivity contribution in [3.05, 3.63) is 24.3 Å². The summed E-state index contributed by atoms with van der Waals surface area (Å²) in [5, 5.41) is 0. The van der Waals surface area contributed by atoms with Gasteiger partial charge < -0.3 is 19.8 Å². The number of nitrogens with zero attached hydrogens (tertiary/aromatic N) is 4. The van der Waals surface area contributed by atoms with Crippen LogP contribution in [-0.2, 0) is 4.74 Å². The van der Waals surface area contributed by atoms with Crippen LogP contribution in [-0.4, -0.2) is 58.1 Å². The fourth-order valence-electron chi connectivity index (χ4n) is 5.75. The Morgan fingerprint density at radius 3 is 2.47 bits per heavy atom. The third kappa shape index (κ3) is 3.53. The molecule has 0 amide bonds. The lowest BCUT2D eigenvalue weighted by Crippen LogP contribution is -2.49. The maximum absolute atomic E-state index is 12.8. The van der Waals surface area contributed by atoms with E-state index >= 15 is 0 Å². The van der Waals surface area contributed by atoms with E-state index in [9.17, 15) is 13.2 Å². The van der Waals surface area contributed by atoms with Gasteiger partial charge in [0.25, 0.3) is 0 Å². The van der Waals surface area contributed by atoms with Gasteiger partial charge in [-0.3, -0.25) is 4.90 Å². The largest absolute Gasteiger partial charge is 0.573 e. The van der Waals surface area contributed by atoms with E-state index in [1.807, 2.05) is 6.20 Å². The van der Waals surface area contributed by atoms with Gasteiger partial charge in [0.2, 0.25) is 0 Å². The van der Waals surface area contributed by atoms with Gasteiger partial charge in [-0.2, -0.15) is 0 Å². The van der Waals surface area contributed by atoms with Crippen LogP contribution in [0.1, 0.15) is 43.5 Å². The summed E-state index contributed by atoms with van der Waals surface area (Å²) in [6.07, 6.45) is 3.22. The SMILES string of the molecule is Nc1ncc(-c2cn([C@@H]3[C@@H]4CN(C5COC5)C[C@@H]43)c(C3CCCC3)n2)cc1OC(F)(F)F. The molecule has 2 saturated heterocycles. The van der Waals surface area contributed by atoms with Crippen LogP contribution in [0, 0.1) is 11.8 Å². The molecule has 2 aliphatic carbocycles. The summed E-state index contributed by atoms with van der Waals surface area (Å²) < 4.78 is 50.0. The zero-order chi connectivity index (χ0) is 22.0. The van der Waals surface area contributed by atoms with Gasteiger partial charge in [0.05, 0.1) is 24.9 Å². The van der Waals surface area contributed by atoms with Crippen LogP contribution < -0.4 is 10.5 Å². The van der Waals surface area contributed by atoms with Crippen molar-refractivity contribution in [3.8, 4) is 17.0 Å². The molecule has 0 unspecified atom stereocenters. The lowest BCUT2D eigenvalue weighted by atomic mass is 10.1. The molecule has 172 valence electrons. The highest BCUT2D eigenvalue weighted by molar-refractivity contribution is 5.64. The second-order valence-electron chi connectivity index (χ2n) is 9.49. The molecule has 2 aromatic heterocycles. The monoisotopic (exact) mass is 449 g/mol. The molecule has 0 spiro atoms. The number of alkyl halides is 3. The van der Waals surface area contributed by atoms with Crippen LogP contribution in [0.4, 0.5) is 19.0 Å². The van der Waals surface area contributed by atoms with Crippen LogP contribution in [0.5, 0.6) is 5.75 Å². The Hall–Kier alpha value is -2.33. The van der Waals surface area contributed by atoms with Gasteiger partial charge in [0.15, 0.2) is 11.6 Å². The van der Waals surface area contributed by atoms with E-state index in [4.69, 9.17) is 15.5 Å². The number of rotatable bonds is 5. The van der Waals surface area contributed by atoms with E-state index < -0.39 is 12.1 Å². The van der Waals surface area contributed by atoms with Crippen molar-refractivity contribution < 1.29 is 22.6 Å². The number of hydrogen-bond donors (Lipinski definition) is 1. The Morgan fingerprint density at radius 1 is 1.12 bits per heavy atom. The van der Waals surface area contributed by atoms with E-state index in [1.54, 1.807) is 0 Å². The molecule has 2 N–H and O–H groups in total. The number of anilines is 1. The van der Waals surface area contributed by atoms with Crippen molar-refractivity contribution >= 4 is 5.82 Å². The summed E-state index contributed by atoms with van der Waals surface area (Å²) in [6.45, 7) is 3.82. The van der Waals surface area contributed by atoms with Crippen molar-refractivity contribution in [1.29, 1.82) is 0 Å². The van der Waals surface area contributed by atoms with Crippen molar-refractivity contribution in [2.75, 3.05) is 32.0 Å². The van der Waals surface area contributed by atoms with Gasteiger partial charge in [-0.25, -0.2) is 9.97 Å². The number of hydrogen-bond acceptors (Lipinski definition) is 6. The third-order valence-electron chi connectivity index (χ3n) is 7.52. The lowest BCUT2D eigenvalue weighted by molar-refractivity contribution is -0.274. The maximum atomic E-state index is 12.8. The Bertz CT molecular complexity index is 1000. The molecule has 0 aromatic carbocycles. The Balaban J connectivity index is 1.29. The molecule has 6 rings (SSSR count). The number of fused-ring (bicyclic) bond motifs is 1. The minimum Gasteiger partial charge on any atom is -0.402 e. The van der Waals surface area contributed by atoms with Crippen molar-refractivity contribution in [2.24, 2.45) is 11.8 Å². The number of aromatic nitrogens is 3. The lowest BCUT2D eigenvalue weighted by Gasteiger charge is -2.36. The summed E-state index contributed by atoms with van der Waals surface area (Å²) in [5.41, 5.74) is 6.72. The Morgan fingerprint density at radius 2 is 1.84 bits per heavy atom. The summed E-state index contributed by atoms with van der Waals surface area (Å²) >= 11 is 0. The summed E-state index contributed by atoms with van der Waals surface area (Å²) in [7, 11) is 0. The predicted molar refractivity (Wildman–Crippen MR) is 110 cm³/mol. The van der Waals surface area contributed by atoms with Gasteiger partial charge in [-0.05, 0) is 30.7 Å². The maximum Gasteiger partial charge on any atom is 0.573 e. The molecule has 4 heterocycles. The van der Waals surface area contributed by atoms with Crippen molar-refractivity contribution in [1.82, 2.24) is 19.4 Å². The smallest absolute Gasteiger partial charge is 0.402 e. The molecule has 3 atom stereocenters. The zero-order valence-corrected chi connectivity index (χ0v) is 17.6. The van der Waals surface area contributed by atoms with E-state index in [0.29, 0.717) is 41.1 Å². The number of likely N-dealkylation sites (tertiary alicyclic amines) is 1. The fraction of sp³-hybridized carbons (Fsp3) is 0.636. The van der Waals surface area contributed by atoms with E-state index in [1.165, 1.54) is 25.1 Å². The Kier molecular flexibility index (Phi) is 4.66. The molecule has 4 aliphatic rings. The second-order valence-corrected chi connectivity index (χ2v) is 9.49. The molecule has 2 saturated carbocycles. The van der Waals surface area contributed by atoms with Crippen molar-refractivity contribution in [3.63, 3.8) is 0 Å². The molecule has 10 heteroatoms. The van der Waals surface area contributed by atoms with E-state index in [2.05, 4.69) is 19.2 Å². The first-order valence-electron chi connectivity index (χ1n) is 11.3. The summed E-state index contributed by atoms with van der Waals surface area (Å²) in [4.78, 5) is 11.4. The second kappa shape index (κ2) is 7.34. The quantitative estimate of drug-likeness (QED) is 0.752. The van der Waals surface area contributed by atoms with Crippen LogP contribution in [0.2, 0.25) is 0 Å². The predicted octanol–water partition coefficient (Wildman–Crippen LogP) is 3.59. The molecule has 7 nitrogen and oxygen atoms in total. The normalized spacial score (nSPS) is 28.7. The van der Waals surface area contributed by atoms with E-state index in [0.717, 1.165) is 45.0 Å². The number of imidazole rings is 1. The highest BCUT2D eigenvalue weighted by Gasteiger charge is 2.58. The molecule has 4 fully saturated rings. The zero-order valence-electron chi connectivity index (χ0n) is 17.6. The summed E-state index contributed by atoms with van der Waals surface area (Å²) in [5.74, 6) is 1.88. The summed E-state index contributed by atoms with van der Waals surface area (Å²) in [6, 6.07) is 2.26. The van der Waals surface area contributed by atoms with Gasteiger partial charge in [0, 0.05) is 43.0 Å². The molecule has 2 aliphatic heterocycles. The van der Waals surface area contributed by atoms with Crippen LogP contribution >= 0.6 is 0 Å². The minimum atomic E-state index is -4.83. The molecular formula is C22H26F3N5O2. The molecule has 2 aromatic rings. The molecular weight excluding hydrogens is 423 g/mol. The Labute approximate surface area is 183 Å². The van der Waals surface area contributed by atoms with Gasteiger partial charge in [-0.1, -0.05) is 12.8 Å². The number of nitrogens with two attached hydrogens (primary N) is 1. The minimum absolute atomic E-state index is 0.293. The van der Waals surface area contributed by atoms with Crippen LogP contribution in [0.15, 0.2) is 18.5 Å². The first-order valence-corrected chi connectivity index (χ1v) is 11.3. The third-order valence-corrected chi connectivity index (χ3v) is 7.52. The first kappa shape index (κ1) is 20.3. The standard InChI is InChI=1S/C22H26F3N5O2/c23-22(24,25)32-18-5-13(6-27-20(18)26)17-9-30(21(28-17)12-3-1-2-4-12)19-15-7-29(8-16(15)19)14-10-31-11-14/h5-6,9,12,14-16,19H,1-4,7-8,10-11H2,(H2,26,27)/t15-,16+,19-. The van der Waals surface area contributed by atoms with Gasteiger partial charge in [0.1, 0.15) is 5.82 Å². The van der Waals surface area contributed by atoms with Crippen LogP contribution in [0.3, 0.4) is 0 Å². The van der Waals surface area contributed by atoms with Gasteiger partial charge >= 0.3 is 6.36 Å². The average molecular weight is 449 g/mol. The average Bonchev–Trinajstić information content (AvgIpc) is 3.17. The highest BCUT2D eigenvalue weighted by atomic mass is 19.4. The topological polar surface area (TPSA) is 78.4 Å². The fourth-order valence-corrected chi connectivity index (χ4v) is 5.75. The molecule has 32 heavy (non-hydrogen) atoms. The number of ether oxygens (including phenoxy) is 2. The number of piperidine rings is 1. The van der Waals surface area contributed by atoms with Crippen molar-refractivity contribution in [2.45, 2.75) is 50.0 Å². The van der Waals surface area contributed by atoms with Crippen LogP contribution in [0.25, 0.3) is 11.3 Å². The van der Waals surface area contributed by atoms with Gasteiger partial charge in [-0.15, -0.1) is 13.2 Å². The first-order chi connectivity index (χ1) is 15.4. The van der Waals surface area contributed by atoms with E-state index in [-0.39, 0.29) is 5.82 Å². The number of halogens is 3. The molecule has 0 bridgehead atoms. The molecule has 0 radical (unpaired) electrons. The highest BCUT2D eigenvalue weighted by Crippen LogP contribution is 2.57. The number of nitrogen functional groups attached to an aromatic ring is 1.